The molecule has 2 aliphatic heterocycles. The van der Waals surface area contributed by atoms with E-state index in [-0.39, 0.29) is 11.6 Å². The number of fused-ring (bicyclic) bond motifs is 2. The van der Waals surface area contributed by atoms with Gasteiger partial charge in [-0.15, -0.1) is 0 Å². The first-order valence-electron chi connectivity index (χ1n) is 7.34. The van der Waals surface area contributed by atoms with Crippen LogP contribution in [0.4, 0.5) is 5.69 Å². The van der Waals surface area contributed by atoms with Crippen LogP contribution in [0.1, 0.15) is 15.9 Å². The van der Waals surface area contributed by atoms with Crippen LogP contribution in [0.15, 0.2) is 59.2 Å². The van der Waals surface area contributed by atoms with E-state index >= 15 is 0 Å². The average Bonchev–Trinajstić information content (AvgIpc) is 2.92. The molecule has 2 aromatic rings. The molecule has 2 heterocycles. The summed E-state index contributed by atoms with van der Waals surface area (Å²) in [6.45, 7) is 0. The summed E-state index contributed by atoms with van der Waals surface area (Å²) in [5.41, 5.74) is 2.07. The van der Waals surface area contributed by atoms with Crippen molar-refractivity contribution in [1.82, 2.24) is 4.90 Å². The van der Waals surface area contributed by atoms with Gasteiger partial charge < -0.3 is 4.90 Å². The van der Waals surface area contributed by atoms with Crippen LogP contribution in [0.2, 0.25) is 5.02 Å². The Kier molecular flexibility index (Phi) is 3.25. The standard InChI is InChI=1S/C18H12ClN3O2/c1-21-15-9-5-3-7-12(15)16(23)22-17(24)14(20-18(21)22)10-11-6-2-4-8-13(11)19/h2-10H,1H3/b14-10+. The number of halogens is 1. The smallest absolute Gasteiger partial charge is 0.286 e. The van der Waals surface area contributed by atoms with E-state index in [1.165, 1.54) is 0 Å². The number of carbonyl (C=O) groups is 2. The molecule has 0 saturated heterocycles. The largest absolute Gasteiger partial charge is 0.314 e. The Morgan fingerprint density at radius 3 is 2.50 bits per heavy atom. The highest BCUT2D eigenvalue weighted by atomic mass is 35.5. The molecule has 4 rings (SSSR count). The van der Waals surface area contributed by atoms with Gasteiger partial charge in [0.15, 0.2) is 0 Å². The molecular weight excluding hydrogens is 326 g/mol. The fourth-order valence-corrected chi connectivity index (χ4v) is 3.02. The van der Waals surface area contributed by atoms with Crippen molar-refractivity contribution < 1.29 is 9.59 Å². The molecule has 0 aliphatic carbocycles. The minimum absolute atomic E-state index is 0.186. The number of guanidine groups is 1. The lowest BCUT2D eigenvalue weighted by molar-refractivity contribution is -0.121. The van der Waals surface area contributed by atoms with E-state index in [1.54, 1.807) is 42.3 Å². The summed E-state index contributed by atoms with van der Waals surface area (Å²) in [6.07, 6.45) is 1.60. The van der Waals surface area contributed by atoms with Gasteiger partial charge in [0.25, 0.3) is 11.8 Å². The van der Waals surface area contributed by atoms with Crippen LogP contribution in [-0.4, -0.2) is 29.7 Å². The second kappa shape index (κ2) is 5.32. The van der Waals surface area contributed by atoms with E-state index in [0.717, 1.165) is 10.6 Å². The molecule has 2 aliphatic rings. The summed E-state index contributed by atoms with van der Waals surface area (Å²) in [4.78, 5) is 32.5. The number of aliphatic imine (C=N–C) groups is 1. The maximum Gasteiger partial charge on any atom is 0.286 e. The Labute approximate surface area is 143 Å². The summed E-state index contributed by atoms with van der Waals surface area (Å²) >= 11 is 6.14. The van der Waals surface area contributed by atoms with Crippen molar-refractivity contribution in [2.45, 2.75) is 0 Å². The summed E-state index contributed by atoms with van der Waals surface area (Å²) in [7, 11) is 1.78. The van der Waals surface area contributed by atoms with E-state index in [0.29, 0.717) is 22.1 Å². The third kappa shape index (κ3) is 2.06. The predicted molar refractivity (Wildman–Crippen MR) is 92.9 cm³/mol. The van der Waals surface area contributed by atoms with Gasteiger partial charge in [-0.1, -0.05) is 41.9 Å². The summed E-state index contributed by atoms with van der Waals surface area (Å²) < 4.78 is 0. The van der Waals surface area contributed by atoms with Crippen LogP contribution >= 0.6 is 11.6 Å². The molecule has 0 N–H and O–H groups in total. The molecule has 0 fully saturated rings. The van der Waals surface area contributed by atoms with Crippen molar-refractivity contribution in [3.8, 4) is 0 Å². The zero-order valence-electron chi connectivity index (χ0n) is 12.7. The number of imide groups is 1. The topological polar surface area (TPSA) is 53.0 Å². The Hall–Kier alpha value is -2.92. The molecule has 24 heavy (non-hydrogen) atoms. The van der Waals surface area contributed by atoms with Crippen LogP contribution in [0, 0.1) is 0 Å². The van der Waals surface area contributed by atoms with Crippen molar-refractivity contribution in [3.05, 3.63) is 70.4 Å². The Morgan fingerprint density at radius 1 is 1.00 bits per heavy atom. The zero-order chi connectivity index (χ0) is 16.8. The molecule has 5 nitrogen and oxygen atoms in total. The number of para-hydroxylation sites is 1. The van der Waals surface area contributed by atoms with Crippen molar-refractivity contribution in [1.29, 1.82) is 0 Å². The van der Waals surface area contributed by atoms with Gasteiger partial charge in [0.2, 0.25) is 5.96 Å². The van der Waals surface area contributed by atoms with Gasteiger partial charge in [0.05, 0.1) is 11.3 Å². The van der Waals surface area contributed by atoms with E-state index < -0.39 is 5.91 Å². The number of carbonyl (C=O) groups excluding carboxylic acids is 2. The molecule has 118 valence electrons. The zero-order valence-corrected chi connectivity index (χ0v) is 13.5. The molecular formula is C18H12ClN3O2. The van der Waals surface area contributed by atoms with Crippen molar-refractivity contribution in [2.75, 3.05) is 11.9 Å². The highest BCUT2D eigenvalue weighted by Crippen LogP contribution is 2.32. The first-order chi connectivity index (χ1) is 11.6. The molecule has 0 atom stereocenters. The molecule has 0 bridgehead atoms. The van der Waals surface area contributed by atoms with Crippen LogP contribution in [-0.2, 0) is 4.79 Å². The second-order valence-corrected chi connectivity index (χ2v) is 5.89. The number of amides is 2. The third-order valence-electron chi connectivity index (χ3n) is 4.04. The van der Waals surface area contributed by atoms with Crippen LogP contribution < -0.4 is 4.90 Å². The lowest BCUT2D eigenvalue weighted by atomic mass is 10.1. The number of rotatable bonds is 1. The van der Waals surface area contributed by atoms with Gasteiger partial charge in [-0.2, -0.15) is 0 Å². The van der Waals surface area contributed by atoms with Crippen LogP contribution in [0.5, 0.6) is 0 Å². The monoisotopic (exact) mass is 337 g/mol. The number of hydrogen-bond acceptors (Lipinski definition) is 4. The summed E-state index contributed by atoms with van der Waals surface area (Å²) in [6, 6.07) is 14.3. The number of anilines is 1. The molecule has 2 amide bonds. The van der Waals surface area contributed by atoms with Gasteiger partial charge >= 0.3 is 0 Å². The van der Waals surface area contributed by atoms with E-state index in [9.17, 15) is 9.59 Å². The molecule has 0 aromatic heterocycles. The highest BCUT2D eigenvalue weighted by molar-refractivity contribution is 6.34. The predicted octanol–water partition coefficient (Wildman–Crippen LogP) is 3.17. The molecule has 0 saturated carbocycles. The van der Waals surface area contributed by atoms with Gasteiger partial charge in [0, 0.05) is 12.1 Å². The third-order valence-corrected chi connectivity index (χ3v) is 4.38. The minimum Gasteiger partial charge on any atom is -0.314 e. The van der Waals surface area contributed by atoms with E-state index in [1.807, 2.05) is 24.3 Å². The first kappa shape index (κ1) is 14.7. The minimum atomic E-state index is -0.448. The van der Waals surface area contributed by atoms with Gasteiger partial charge in [-0.25, -0.2) is 9.89 Å². The fourth-order valence-electron chi connectivity index (χ4n) is 2.83. The Morgan fingerprint density at radius 2 is 1.71 bits per heavy atom. The van der Waals surface area contributed by atoms with Crippen molar-refractivity contribution in [3.63, 3.8) is 0 Å². The summed E-state index contributed by atoms with van der Waals surface area (Å²) in [5, 5.41) is 0.519. The quantitative estimate of drug-likeness (QED) is 0.593. The van der Waals surface area contributed by atoms with Crippen molar-refractivity contribution >= 4 is 41.1 Å². The fraction of sp³-hybridized carbons (Fsp3) is 0.0556. The molecule has 6 heteroatoms. The van der Waals surface area contributed by atoms with Crippen LogP contribution in [0.25, 0.3) is 6.08 Å². The van der Waals surface area contributed by atoms with Crippen molar-refractivity contribution in [2.24, 2.45) is 4.99 Å². The maximum absolute atomic E-state index is 12.7. The lowest BCUT2D eigenvalue weighted by Crippen LogP contribution is -2.50. The molecule has 2 aromatic carbocycles. The SMILES string of the molecule is CN1C2=N/C(=C/c3ccccc3Cl)C(=O)N2C(=O)c2ccccc21. The average molecular weight is 338 g/mol. The molecule has 0 spiro atoms. The van der Waals surface area contributed by atoms with Gasteiger partial charge in [-0.3, -0.25) is 9.59 Å². The second-order valence-electron chi connectivity index (χ2n) is 5.48. The molecule has 0 radical (unpaired) electrons. The number of benzene rings is 2. The summed E-state index contributed by atoms with van der Waals surface area (Å²) in [5.74, 6) is -0.506. The Balaban J connectivity index is 1.82. The van der Waals surface area contributed by atoms with E-state index in [2.05, 4.69) is 4.99 Å². The van der Waals surface area contributed by atoms with Gasteiger partial charge in [-0.05, 0) is 29.8 Å². The first-order valence-corrected chi connectivity index (χ1v) is 7.72. The normalized spacial score (nSPS) is 17.9. The Bertz CT molecular complexity index is 949. The number of hydrogen-bond donors (Lipinski definition) is 0. The van der Waals surface area contributed by atoms with Gasteiger partial charge in [0.1, 0.15) is 5.70 Å². The lowest BCUT2D eigenvalue weighted by Gasteiger charge is -2.31. The number of nitrogens with zero attached hydrogens (tertiary/aromatic N) is 3. The highest BCUT2D eigenvalue weighted by Gasteiger charge is 2.42. The maximum atomic E-state index is 12.7. The van der Waals surface area contributed by atoms with Crippen LogP contribution in [0.3, 0.4) is 0 Å². The molecule has 0 unspecified atom stereocenters. The van der Waals surface area contributed by atoms with E-state index in [4.69, 9.17) is 11.6 Å².